The lowest BCUT2D eigenvalue weighted by Crippen LogP contribution is -2.34. The number of rotatable bonds is 6. The van der Waals surface area contributed by atoms with Gasteiger partial charge in [0.2, 0.25) is 0 Å². The molecule has 0 aromatic heterocycles. The normalized spacial score (nSPS) is 21.1. The molecule has 2 nitrogen and oxygen atoms in total. The molecule has 0 amide bonds. The van der Waals surface area contributed by atoms with Gasteiger partial charge in [-0.25, -0.2) is 0 Å². The first-order valence-electron chi connectivity index (χ1n) is 8.10. The summed E-state index contributed by atoms with van der Waals surface area (Å²) in [6.07, 6.45) is 4.08. The lowest BCUT2D eigenvalue weighted by molar-refractivity contribution is 0.229. The Morgan fingerprint density at radius 1 is 1.35 bits per heavy atom. The van der Waals surface area contributed by atoms with Gasteiger partial charge >= 0.3 is 0 Å². The molecule has 2 rings (SSSR count). The molecular weight excluding hydrogens is 244 g/mol. The predicted molar refractivity (Wildman–Crippen MR) is 86.9 cm³/mol. The Morgan fingerprint density at radius 3 is 2.85 bits per heavy atom. The van der Waals surface area contributed by atoms with E-state index in [4.69, 9.17) is 0 Å². The zero-order valence-corrected chi connectivity index (χ0v) is 13.4. The Kier molecular flexibility index (Phi) is 6.06. The van der Waals surface area contributed by atoms with Crippen LogP contribution in [0.25, 0.3) is 0 Å². The first-order valence-corrected chi connectivity index (χ1v) is 8.10. The second kappa shape index (κ2) is 7.80. The van der Waals surface area contributed by atoms with E-state index >= 15 is 0 Å². The van der Waals surface area contributed by atoms with Crippen molar-refractivity contribution in [1.82, 2.24) is 10.2 Å². The molecule has 1 aromatic rings. The van der Waals surface area contributed by atoms with Crippen molar-refractivity contribution >= 4 is 0 Å². The number of hydrogen-bond donors (Lipinski definition) is 1. The molecule has 0 spiro atoms. The third-order valence-corrected chi connectivity index (χ3v) is 4.81. The van der Waals surface area contributed by atoms with Gasteiger partial charge in [0.1, 0.15) is 0 Å². The second-order valence-electron chi connectivity index (χ2n) is 6.54. The maximum atomic E-state index is 3.54. The summed E-state index contributed by atoms with van der Waals surface area (Å²) in [7, 11) is 2.25. The fraction of sp³-hybridized carbons (Fsp3) is 0.667. The lowest BCUT2D eigenvalue weighted by atomic mass is 9.85. The van der Waals surface area contributed by atoms with Crippen molar-refractivity contribution in [3.05, 3.63) is 35.4 Å². The minimum atomic E-state index is 0.835. The Bertz CT molecular complexity index is 396. The van der Waals surface area contributed by atoms with Gasteiger partial charge in [0, 0.05) is 6.54 Å². The molecule has 20 heavy (non-hydrogen) atoms. The molecule has 2 unspecified atom stereocenters. The standard InChI is InChI=1S/C18H30N2/c1-15-7-4-5-8-18(15)14-20(3)12-10-16(2)17-9-6-11-19-13-17/h4-5,7-8,16-17,19H,6,9-14H2,1-3H3. The van der Waals surface area contributed by atoms with Gasteiger partial charge in [-0.1, -0.05) is 31.2 Å². The van der Waals surface area contributed by atoms with Crippen molar-refractivity contribution < 1.29 is 0 Å². The monoisotopic (exact) mass is 274 g/mol. The maximum absolute atomic E-state index is 3.54. The van der Waals surface area contributed by atoms with Crippen LogP contribution in [-0.2, 0) is 6.54 Å². The van der Waals surface area contributed by atoms with Crippen LogP contribution in [0.3, 0.4) is 0 Å². The first-order chi connectivity index (χ1) is 9.66. The Hall–Kier alpha value is -0.860. The molecular formula is C18H30N2. The van der Waals surface area contributed by atoms with E-state index in [1.54, 1.807) is 0 Å². The van der Waals surface area contributed by atoms with Gasteiger partial charge in [-0.2, -0.15) is 0 Å². The molecule has 1 fully saturated rings. The van der Waals surface area contributed by atoms with Crippen LogP contribution < -0.4 is 5.32 Å². The van der Waals surface area contributed by atoms with Gasteiger partial charge in [0.25, 0.3) is 0 Å². The molecule has 1 heterocycles. The lowest BCUT2D eigenvalue weighted by Gasteiger charge is -2.29. The van der Waals surface area contributed by atoms with Crippen LogP contribution in [0, 0.1) is 18.8 Å². The number of aryl methyl sites for hydroxylation is 1. The van der Waals surface area contributed by atoms with E-state index in [0.717, 1.165) is 18.4 Å². The Labute approximate surface area is 124 Å². The zero-order valence-electron chi connectivity index (χ0n) is 13.4. The molecule has 0 radical (unpaired) electrons. The molecule has 1 saturated heterocycles. The third-order valence-electron chi connectivity index (χ3n) is 4.81. The molecule has 1 aliphatic rings. The summed E-state index contributed by atoms with van der Waals surface area (Å²) < 4.78 is 0. The van der Waals surface area contributed by atoms with Gasteiger partial charge in [-0.15, -0.1) is 0 Å². The molecule has 2 atom stereocenters. The number of benzene rings is 1. The summed E-state index contributed by atoms with van der Waals surface area (Å²) in [6, 6.07) is 8.73. The Morgan fingerprint density at radius 2 is 2.15 bits per heavy atom. The summed E-state index contributed by atoms with van der Waals surface area (Å²) in [4.78, 5) is 2.47. The van der Waals surface area contributed by atoms with Crippen LogP contribution in [0.4, 0.5) is 0 Å². The van der Waals surface area contributed by atoms with Crippen molar-refractivity contribution in [2.24, 2.45) is 11.8 Å². The molecule has 112 valence electrons. The number of nitrogens with one attached hydrogen (secondary N) is 1. The number of nitrogens with zero attached hydrogens (tertiary/aromatic N) is 1. The van der Waals surface area contributed by atoms with E-state index in [1.807, 2.05) is 0 Å². The highest BCUT2D eigenvalue weighted by Gasteiger charge is 2.19. The predicted octanol–water partition coefficient (Wildman–Crippen LogP) is 3.45. The van der Waals surface area contributed by atoms with Crippen molar-refractivity contribution in [2.75, 3.05) is 26.7 Å². The Balaban J connectivity index is 1.74. The van der Waals surface area contributed by atoms with E-state index in [1.165, 1.54) is 50.0 Å². The summed E-state index contributed by atoms with van der Waals surface area (Å²) in [5.41, 5.74) is 2.87. The first kappa shape index (κ1) is 15.5. The highest BCUT2D eigenvalue weighted by Crippen LogP contribution is 2.22. The molecule has 1 N–H and O–H groups in total. The molecule has 1 aliphatic heterocycles. The van der Waals surface area contributed by atoms with Crippen LogP contribution in [-0.4, -0.2) is 31.6 Å². The van der Waals surface area contributed by atoms with Crippen LogP contribution in [0.15, 0.2) is 24.3 Å². The van der Waals surface area contributed by atoms with Gasteiger partial charge < -0.3 is 10.2 Å². The number of hydrogen-bond acceptors (Lipinski definition) is 2. The molecule has 0 saturated carbocycles. The molecule has 1 aromatic carbocycles. The quantitative estimate of drug-likeness (QED) is 0.854. The van der Waals surface area contributed by atoms with Gasteiger partial charge in [-0.05, 0) is 75.8 Å². The van der Waals surface area contributed by atoms with Crippen LogP contribution in [0.5, 0.6) is 0 Å². The largest absolute Gasteiger partial charge is 0.316 e. The second-order valence-corrected chi connectivity index (χ2v) is 6.54. The average molecular weight is 274 g/mol. The van der Waals surface area contributed by atoms with Crippen LogP contribution >= 0.6 is 0 Å². The highest BCUT2D eigenvalue weighted by molar-refractivity contribution is 5.25. The smallest absolute Gasteiger partial charge is 0.0233 e. The van der Waals surface area contributed by atoms with E-state index in [2.05, 4.69) is 55.4 Å². The van der Waals surface area contributed by atoms with Gasteiger partial charge in [0.05, 0.1) is 0 Å². The van der Waals surface area contributed by atoms with Crippen molar-refractivity contribution in [3.8, 4) is 0 Å². The van der Waals surface area contributed by atoms with E-state index in [-0.39, 0.29) is 0 Å². The minimum Gasteiger partial charge on any atom is -0.316 e. The van der Waals surface area contributed by atoms with Gasteiger partial charge in [0.15, 0.2) is 0 Å². The minimum absolute atomic E-state index is 0.835. The van der Waals surface area contributed by atoms with Crippen molar-refractivity contribution in [3.63, 3.8) is 0 Å². The van der Waals surface area contributed by atoms with Gasteiger partial charge in [-0.3, -0.25) is 0 Å². The molecule has 0 aliphatic carbocycles. The van der Waals surface area contributed by atoms with E-state index in [0.29, 0.717) is 0 Å². The zero-order chi connectivity index (χ0) is 14.4. The van der Waals surface area contributed by atoms with E-state index in [9.17, 15) is 0 Å². The van der Waals surface area contributed by atoms with E-state index < -0.39 is 0 Å². The van der Waals surface area contributed by atoms with Crippen molar-refractivity contribution in [1.29, 1.82) is 0 Å². The summed E-state index contributed by atoms with van der Waals surface area (Å²) in [5, 5.41) is 3.54. The number of piperidine rings is 1. The summed E-state index contributed by atoms with van der Waals surface area (Å²) in [6.45, 7) is 9.35. The fourth-order valence-electron chi connectivity index (χ4n) is 3.18. The SMILES string of the molecule is Cc1ccccc1CN(C)CCC(C)C1CCCNC1. The topological polar surface area (TPSA) is 15.3 Å². The van der Waals surface area contributed by atoms with Crippen LogP contribution in [0.1, 0.15) is 37.3 Å². The summed E-state index contributed by atoms with van der Waals surface area (Å²) >= 11 is 0. The van der Waals surface area contributed by atoms with Crippen molar-refractivity contribution in [2.45, 2.75) is 39.7 Å². The summed E-state index contributed by atoms with van der Waals surface area (Å²) in [5.74, 6) is 1.72. The third kappa shape index (κ3) is 4.60. The average Bonchev–Trinajstić information content (AvgIpc) is 2.48. The maximum Gasteiger partial charge on any atom is 0.0233 e. The molecule has 0 bridgehead atoms. The highest BCUT2D eigenvalue weighted by atomic mass is 15.1. The molecule has 2 heteroatoms. The van der Waals surface area contributed by atoms with Crippen LogP contribution in [0.2, 0.25) is 0 Å². The fourth-order valence-corrected chi connectivity index (χ4v) is 3.18.